The van der Waals surface area contributed by atoms with E-state index in [0.29, 0.717) is 46.1 Å². The summed E-state index contributed by atoms with van der Waals surface area (Å²) < 4.78 is 17.0. The molecule has 36 heavy (non-hydrogen) atoms. The highest BCUT2D eigenvalue weighted by Gasteiger charge is 2.44. The Morgan fingerprint density at radius 3 is 2.64 bits per heavy atom. The summed E-state index contributed by atoms with van der Waals surface area (Å²) in [6.07, 6.45) is -0.0577. The Balaban J connectivity index is 1.81. The average Bonchev–Trinajstić information content (AvgIpc) is 3.35. The van der Waals surface area contributed by atoms with Crippen molar-refractivity contribution in [1.82, 2.24) is 9.80 Å². The second-order valence-electron chi connectivity index (χ2n) is 9.17. The Hall–Kier alpha value is -3.49. The zero-order valence-electron chi connectivity index (χ0n) is 20.9. The van der Waals surface area contributed by atoms with Crippen LogP contribution in [-0.4, -0.2) is 67.0 Å². The van der Waals surface area contributed by atoms with Crippen molar-refractivity contribution in [3.05, 3.63) is 70.1 Å². The minimum absolute atomic E-state index is 0.0334. The topological polar surface area (TPSA) is 92.5 Å². The van der Waals surface area contributed by atoms with Crippen LogP contribution in [0.3, 0.4) is 0 Å². The van der Waals surface area contributed by atoms with Crippen molar-refractivity contribution in [1.29, 1.82) is 0 Å². The van der Waals surface area contributed by atoms with Gasteiger partial charge in [-0.25, -0.2) is 0 Å². The standard InChI is InChI=1S/C27H29ClN2O6/c1-15(2)35-19-8-6-7-16(12-19)23-22(25(32)27(33)30(23)10-9-29(3)4)24(31)20-13-17-11-18(28)14-21(34-5)26(17)36-20/h6-8,11-15,23,32H,9-10H2,1-5H3. The number of carbonyl (C=O) groups is 2. The number of aliphatic hydroxyl groups is 1. The number of fused-ring (bicyclic) bond motifs is 1. The van der Waals surface area contributed by atoms with Gasteiger partial charge in [-0.1, -0.05) is 23.7 Å². The maximum Gasteiger partial charge on any atom is 0.290 e. The van der Waals surface area contributed by atoms with Gasteiger partial charge in [-0.2, -0.15) is 0 Å². The molecule has 1 amide bonds. The monoisotopic (exact) mass is 512 g/mol. The van der Waals surface area contributed by atoms with Gasteiger partial charge < -0.3 is 28.8 Å². The van der Waals surface area contributed by atoms with Crippen molar-refractivity contribution >= 4 is 34.3 Å². The fourth-order valence-corrected chi connectivity index (χ4v) is 4.50. The summed E-state index contributed by atoms with van der Waals surface area (Å²) in [7, 11) is 5.25. The molecule has 9 heteroatoms. The molecule has 0 radical (unpaired) electrons. The molecule has 0 spiro atoms. The molecule has 1 aromatic heterocycles. The molecule has 4 rings (SSSR count). The van der Waals surface area contributed by atoms with Crippen LogP contribution in [0.1, 0.15) is 36.0 Å². The third-order valence-electron chi connectivity index (χ3n) is 5.87. The van der Waals surface area contributed by atoms with Crippen molar-refractivity contribution < 1.29 is 28.6 Å². The van der Waals surface area contributed by atoms with Crippen molar-refractivity contribution in [2.24, 2.45) is 0 Å². The summed E-state index contributed by atoms with van der Waals surface area (Å²) in [5.41, 5.74) is 0.942. The van der Waals surface area contributed by atoms with Crippen molar-refractivity contribution in [2.45, 2.75) is 26.0 Å². The van der Waals surface area contributed by atoms with Crippen LogP contribution in [-0.2, 0) is 4.79 Å². The Labute approximate surface area is 214 Å². The second-order valence-corrected chi connectivity index (χ2v) is 9.61. The predicted octanol–water partition coefficient (Wildman–Crippen LogP) is 5.02. The summed E-state index contributed by atoms with van der Waals surface area (Å²) in [4.78, 5) is 30.4. The minimum atomic E-state index is -0.820. The number of halogens is 1. The summed E-state index contributed by atoms with van der Waals surface area (Å²) in [6.45, 7) is 4.67. The van der Waals surface area contributed by atoms with Gasteiger partial charge >= 0.3 is 0 Å². The summed E-state index contributed by atoms with van der Waals surface area (Å²) in [5, 5.41) is 11.9. The molecule has 190 valence electrons. The maximum absolute atomic E-state index is 13.8. The minimum Gasteiger partial charge on any atom is -0.503 e. The number of hydrogen-bond acceptors (Lipinski definition) is 7. The molecule has 0 bridgehead atoms. The SMILES string of the molecule is COc1cc(Cl)cc2cc(C(=O)C3=C(O)C(=O)N(CCN(C)C)C3c3cccc(OC(C)C)c3)oc12. The number of likely N-dealkylation sites (N-methyl/N-ethyl adjacent to an activating group) is 1. The first-order valence-electron chi connectivity index (χ1n) is 11.6. The number of nitrogens with zero attached hydrogens (tertiary/aromatic N) is 2. The van der Waals surface area contributed by atoms with Gasteiger partial charge in [-0.15, -0.1) is 0 Å². The molecule has 2 aromatic carbocycles. The molecule has 0 saturated heterocycles. The quantitative estimate of drug-likeness (QED) is 0.402. The van der Waals surface area contributed by atoms with Crippen LogP contribution < -0.4 is 9.47 Å². The Bertz CT molecular complexity index is 1340. The van der Waals surface area contributed by atoms with E-state index in [1.165, 1.54) is 18.1 Å². The molecule has 0 fully saturated rings. The van der Waals surface area contributed by atoms with Gasteiger partial charge in [0.15, 0.2) is 22.9 Å². The number of amides is 1. The Morgan fingerprint density at radius 1 is 1.22 bits per heavy atom. The lowest BCUT2D eigenvalue weighted by Crippen LogP contribution is -2.36. The number of carbonyl (C=O) groups excluding carboxylic acids is 2. The zero-order valence-corrected chi connectivity index (χ0v) is 21.6. The number of methoxy groups -OCH3 is 1. The van der Waals surface area contributed by atoms with Crippen LogP contribution in [0, 0.1) is 0 Å². The van der Waals surface area contributed by atoms with Crippen LogP contribution in [0.25, 0.3) is 11.0 Å². The maximum atomic E-state index is 13.8. The number of ether oxygens (including phenoxy) is 2. The molecule has 1 aliphatic rings. The van der Waals surface area contributed by atoms with Crippen LogP contribution >= 0.6 is 11.6 Å². The van der Waals surface area contributed by atoms with Crippen LogP contribution in [0.2, 0.25) is 5.02 Å². The lowest BCUT2D eigenvalue weighted by Gasteiger charge is -2.28. The molecule has 3 aromatic rings. The van der Waals surface area contributed by atoms with Gasteiger partial charge in [0.1, 0.15) is 5.75 Å². The summed E-state index contributed by atoms with van der Waals surface area (Å²) in [6, 6.07) is 11.2. The van der Waals surface area contributed by atoms with Gasteiger partial charge in [0.05, 0.1) is 24.8 Å². The third-order valence-corrected chi connectivity index (χ3v) is 6.09. The number of aliphatic hydroxyl groups excluding tert-OH is 1. The number of ketones is 1. The Morgan fingerprint density at radius 2 is 1.97 bits per heavy atom. The van der Waals surface area contributed by atoms with E-state index in [-0.39, 0.29) is 17.4 Å². The highest BCUT2D eigenvalue weighted by molar-refractivity contribution is 6.31. The van der Waals surface area contributed by atoms with Crippen LogP contribution in [0.15, 0.2) is 58.2 Å². The lowest BCUT2D eigenvalue weighted by molar-refractivity contribution is -0.129. The van der Waals surface area contributed by atoms with Gasteiger partial charge in [0.25, 0.3) is 5.91 Å². The molecule has 0 saturated carbocycles. The van der Waals surface area contributed by atoms with E-state index in [0.717, 1.165) is 0 Å². The predicted molar refractivity (Wildman–Crippen MR) is 137 cm³/mol. The normalized spacial score (nSPS) is 16.1. The van der Waals surface area contributed by atoms with Gasteiger partial charge in [-0.3, -0.25) is 9.59 Å². The highest BCUT2D eigenvalue weighted by atomic mass is 35.5. The summed E-state index contributed by atoms with van der Waals surface area (Å²) in [5.74, 6) is -0.859. The molecule has 1 aliphatic heterocycles. The fourth-order valence-electron chi connectivity index (χ4n) is 4.28. The van der Waals surface area contributed by atoms with Crippen LogP contribution in [0.5, 0.6) is 11.5 Å². The lowest BCUT2D eigenvalue weighted by atomic mass is 9.94. The van der Waals surface area contributed by atoms with E-state index in [1.54, 1.807) is 30.3 Å². The van der Waals surface area contributed by atoms with E-state index < -0.39 is 23.5 Å². The van der Waals surface area contributed by atoms with E-state index in [4.69, 9.17) is 25.5 Å². The number of hydrogen-bond donors (Lipinski definition) is 1. The largest absolute Gasteiger partial charge is 0.503 e. The second kappa shape index (κ2) is 10.2. The first-order valence-corrected chi connectivity index (χ1v) is 12.0. The molecule has 0 aliphatic carbocycles. The van der Waals surface area contributed by atoms with E-state index in [9.17, 15) is 14.7 Å². The van der Waals surface area contributed by atoms with Gasteiger partial charge in [0, 0.05) is 29.6 Å². The number of benzene rings is 2. The van der Waals surface area contributed by atoms with Crippen molar-refractivity contribution in [3.63, 3.8) is 0 Å². The van der Waals surface area contributed by atoms with E-state index in [2.05, 4.69) is 0 Å². The first-order chi connectivity index (χ1) is 17.1. The fraction of sp³-hybridized carbons (Fsp3) is 0.333. The molecular weight excluding hydrogens is 484 g/mol. The number of furan rings is 1. The van der Waals surface area contributed by atoms with E-state index in [1.807, 2.05) is 38.9 Å². The van der Waals surface area contributed by atoms with Crippen molar-refractivity contribution in [3.8, 4) is 11.5 Å². The van der Waals surface area contributed by atoms with Crippen molar-refractivity contribution in [2.75, 3.05) is 34.3 Å². The molecular formula is C27H29ClN2O6. The zero-order chi connectivity index (χ0) is 26.1. The number of Topliss-reactive ketones (excluding diaryl/α,β-unsaturated/α-hetero) is 1. The smallest absolute Gasteiger partial charge is 0.290 e. The highest BCUT2D eigenvalue weighted by Crippen LogP contribution is 2.41. The molecule has 1 N–H and O–H groups in total. The molecule has 8 nitrogen and oxygen atoms in total. The Kier molecular flexibility index (Phi) is 7.28. The van der Waals surface area contributed by atoms with E-state index >= 15 is 0 Å². The van der Waals surface area contributed by atoms with Crippen LogP contribution in [0.4, 0.5) is 0 Å². The average molecular weight is 513 g/mol. The molecule has 1 atom stereocenters. The number of rotatable bonds is 9. The van der Waals surface area contributed by atoms with Gasteiger partial charge in [0.2, 0.25) is 5.78 Å². The third kappa shape index (κ3) is 4.92. The molecule has 1 unspecified atom stereocenters. The van der Waals surface area contributed by atoms with Gasteiger partial charge in [-0.05, 0) is 57.8 Å². The first kappa shape index (κ1) is 25.6. The summed E-state index contributed by atoms with van der Waals surface area (Å²) >= 11 is 6.17. The molecule has 2 heterocycles.